The number of amides is 2. The van der Waals surface area contributed by atoms with E-state index in [1.54, 1.807) is 31.4 Å². The van der Waals surface area contributed by atoms with Crippen LogP contribution in [0.2, 0.25) is 0 Å². The second kappa shape index (κ2) is 11.9. The molecule has 0 radical (unpaired) electrons. The standard InChI is InChI=1S/C27H30N4O4/c1-18-6-4-5-7-23(18)24(16-25(30-35)22-12-13-26(33)31(3)17-22)20-8-10-21(11-9-20)27(34)29-15-14-28-19(2)32/h4-13,17,24-25H,14-16H2,1-3H3,(H,28,32)(H,29,34). The molecule has 2 aromatic carbocycles. The second-order valence-corrected chi connectivity index (χ2v) is 8.54. The highest BCUT2D eigenvalue weighted by Gasteiger charge is 2.24. The van der Waals surface area contributed by atoms with Gasteiger partial charge in [0, 0.05) is 50.8 Å². The van der Waals surface area contributed by atoms with Crippen LogP contribution in [0.25, 0.3) is 0 Å². The van der Waals surface area contributed by atoms with Crippen LogP contribution in [0.4, 0.5) is 0 Å². The fourth-order valence-electron chi connectivity index (χ4n) is 4.08. The lowest BCUT2D eigenvalue weighted by atomic mass is 9.82. The Balaban J connectivity index is 1.86. The molecule has 2 amide bonds. The Morgan fingerprint density at radius 1 is 0.943 bits per heavy atom. The minimum Gasteiger partial charge on any atom is -0.355 e. The lowest BCUT2D eigenvalue weighted by Gasteiger charge is -2.23. The maximum absolute atomic E-state index is 12.5. The van der Waals surface area contributed by atoms with Gasteiger partial charge in [0.25, 0.3) is 5.91 Å². The van der Waals surface area contributed by atoms with E-state index in [0.717, 1.165) is 16.7 Å². The molecular weight excluding hydrogens is 444 g/mol. The minimum absolute atomic E-state index is 0.145. The molecule has 0 bridgehead atoms. The SMILES string of the molecule is CC(=O)NCCNC(=O)c1ccc(C(CC(N=O)c2ccc(=O)n(C)c2)c2ccccc2C)cc1. The fourth-order valence-corrected chi connectivity index (χ4v) is 4.08. The van der Waals surface area contributed by atoms with Crippen LogP contribution in [0.1, 0.15) is 57.9 Å². The van der Waals surface area contributed by atoms with Crippen LogP contribution in [0, 0.1) is 11.8 Å². The number of carbonyl (C=O) groups is 2. The van der Waals surface area contributed by atoms with Gasteiger partial charge in [-0.2, -0.15) is 4.91 Å². The molecule has 0 spiro atoms. The maximum atomic E-state index is 12.5. The molecule has 0 aliphatic heterocycles. The summed E-state index contributed by atoms with van der Waals surface area (Å²) < 4.78 is 1.44. The first-order valence-corrected chi connectivity index (χ1v) is 11.5. The summed E-state index contributed by atoms with van der Waals surface area (Å²) in [5.41, 5.74) is 4.13. The largest absolute Gasteiger partial charge is 0.355 e. The third-order valence-corrected chi connectivity index (χ3v) is 6.00. The van der Waals surface area contributed by atoms with Crippen molar-refractivity contribution in [2.75, 3.05) is 13.1 Å². The number of pyridine rings is 1. The van der Waals surface area contributed by atoms with Crippen molar-refractivity contribution in [3.05, 3.63) is 110 Å². The van der Waals surface area contributed by atoms with Gasteiger partial charge in [-0.1, -0.05) is 41.6 Å². The highest BCUT2D eigenvalue weighted by atomic mass is 16.3. The van der Waals surface area contributed by atoms with Crippen LogP contribution in [-0.4, -0.2) is 29.5 Å². The molecular formula is C27H30N4O4. The highest BCUT2D eigenvalue weighted by Crippen LogP contribution is 2.37. The Labute approximate surface area is 204 Å². The van der Waals surface area contributed by atoms with Gasteiger partial charge in [-0.25, -0.2) is 0 Å². The molecule has 0 aliphatic carbocycles. The van der Waals surface area contributed by atoms with E-state index in [1.807, 2.05) is 43.3 Å². The van der Waals surface area contributed by atoms with Crippen LogP contribution in [0.3, 0.4) is 0 Å². The number of benzene rings is 2. The number of rotatable bonds is 10. The summed E-state index contributed by atoms with van der Waals surface area (Å²) in [4.78, 5) is 47.1. The maximum Gasteiger partial charge on any atom is 0.251 e. The molecule has 0 saturated carbocycles. The number of nitrogens with zero attached hydrogens (tertiary/aromatic N) is 2. The normalized spacial score (nSPS) is 12.4. The van der Waals surface area contributed by atoms with Gasteiger partial charge in [-0.15, -0.1) is 0 Å². The zero-order valence-electron chi connectivity index (χ0n) is 20.2. The Bertz CT molecular complexity index is 1250. The van der Waals surface area contributed by atoms with E-state index in [0.29, 0.717) is 30.6 Å². The number of hydrogen-bond donors (Lipinski definition) is 2. The predicted molar refractivity (Wildman–Crippen MR) is 135 cm³/mol. The van der Waals surface area contributed by atoms with E-state index in [2.05, 4.69) is 15.8 Å². The van der Waals surface area contributed by atoms with Crippen LogP contribution >= 0.6 is 0 Å². The summed E-state index contributed by atoms with van der Waals surface area (Å²) in [5.74, 6) is -0.522. The van der Waals surface area contributed by atoms with Gasteiger partial charge in [0.15, 0.2) is 0 Å². The van der Waals surface area contributed by atoms with Gasteiger partial charge in [-0.3, -0.25) is 14.4 Å². The van der Waals surface area contributed by atoms with E-state index in [-0.39, 0.29) is 23.3 Å². The molecule has 2 unspecified atom stereocenters. The quantitative estimate of drug-likeness (QED) is 0.346. The van der Waals surface area contributed by atoms with Crippen molar-refractivity contribution in [3.8, 4) is 0 Å². The number of aromatic nitrogens is 1. The Morgan fingerprint density at radius 3 is 2.23 bits per heavy atom. The Morgan fingerprint density at radius 2 is 1.60 bits per heavy atom. The van der Waals surface area contributed by atoms with Crippen LogP contribution < -0.4 is 16.2 Å². The molecule has 182 valence electrons. The average molecular weight is 475 g/mol. The van der Waals surface area contributed by atoms with Gasteiger partial charge in [-0.05, 0) is 53.8 Å². The molecule has 0 fully saturated rings. The molecule has 8 heteroatoms. The lowest BCUT2D eigenvalue weighted by molar-refractivity contribution is -0.118. The van der Waals surface area contributed by atoms with Gasteiger partial charge in [0.2, 0.25) is 11.5 Å². The smallest absolute Gasteiger partial charge is 0.251 e. The van der Waals surface area contributed by atoms with Gasteiger partial charge >= 0.3 is 0 Å². The molecule has 3 aromatic rings. The van der Waals surface area contributed by atoms with Crippen molar-refractivity contribution < 1.29 is 9.59 Å². The summed E-state index contributed by atoms with van der Waals surface area (Å²) >= 11 is 0. The van der Waals surface area contributed by atoms with Gasteiger partial charge in [0.05, 0.1) is 0 Å². The van der Waals surface area contributed by atoms with Crippen molar-refractivity contribution in [1.82, 2.24) is 15.2 Å². The fraction of sp³-hybridized carbons (Fsp3) is 0.296. The van der Waals surface area contributed by atoms with Gasteiger partial charge < -0.3 is 15.2 Å². The van der Waals surface area contributed by atoms with E-state index in [4.69, 9.17) is 0 Å². The average Bonchev–Trinajstić information content (AvgIpc) is 2.85. The molecule has 8 nitrogen and oxygen atoms in total. The summed E-state index contributed by atoms with van der Waals surface area (Å²) in [6.07, 6.45) is 2.06. The molecule has 2 atom stereocenters. The Hall–Kier alpha value is -4.07. The van der Waals surface area contributed by atoms with E-state index < -0.39 is 6.04 Å². The number of hydrogen-bond acceptors (Lipinski definition) is 5. The van der Waals surface area contributed by atoms with Crippen molar-refractivity contribution in [3.63, 3.8) is 0 Å². The van der Waals surface area contributed by atoms with Crippen LogP contribution in [0.5, 0.6) is 0 Å². The van der Waals surface area contributed by atoms with E-state index in [1.165, 1.54) is 17.6 Å². The first-order valence-electron chi connectivity index (χ1n) is 11.5. The van der Waals surface area contributed by atoms with Gasteiger partial charge in [0.1, 0.15) is 6.04 Å². The first-order chi connectivity index (χ1) is 16.8. The Kier molecular flexibility index (Phi) is 8.67. The molecule has 3 rings (SSSR count). The molecule has 1 heterocycles. The number of aryl methyl sites for hydroxylation is 2. The van der Waals surface area contributed by atoms with Crippen molar-refractivity contribution in [2.45, 2.75) is 32.2 Å². The van der Waals surface area contributed by atoms with Crippen molar-refractivity contribution >= 4 is 11.8 Å². The predicted octanol–water partition coefficient (Wildman–Crippen LogP) is 3.59. The second-order valence-electron chi connectivity index (χ2n) is 8.54. The molecule has 35 heavy (non-hydrogen) atoms. The highest BCUT2D eigenvalue weighted by molar-refractivity contribution is 5.94. The van der Waals surface area contributed by atoms with Crippen molar-refractivity contribution in [1.29, 1.82) is 0 Å². The number of carbonyl (C=O) groups excluding carboxylic acids is 2. The third-order valence-electron chi connectivity index (χ3n) is 6.00. The number of nitrogens with one attached hydrogen (secondary N) is 2. The molecule has 1 aromatic heterocycles. The molecule has 0 saturated heterocycles. The summed E-state index contributed by atoms with van der Waals surface area (Å²) in [5, 5.41) is 8.81. The van der Waals surface area contributed by atoms with E-state index in [9.17, 15) is 19.3 Å². The van der Waals surface area contributed by atoms with Crippen LogP contribution in [0.15, 0.2) is 76.8 Å². The summed E-state index contributed by atoms with van der Waals surface area (Å²) in [6.45, 7) is 4.14. The molecule has 2 N–H and O–H groups in total. The third kappa shape index (κ3) is 6.72. The van der Waals surface area contributed by atoms with Crippen molar-refractivity contribution in [2.24, 2.45) is 12.2 Å². The summed E-state index contributed by atoms with van der Waals surface area (Å²) in [6, 6.07) is 17.7. The monoisotopic (exact) mass is 474 g/mol. The minimum atomic E-state index is -0.650. The number of nitroso groups, excluding NO2 is 1. The summed E-state index contributed by atoms with van der Waals surface area (Å²) in [7, 11) is 1.65. The zero-order valence-corrected chi connectivity index (χ0v) is 20.2. The van der Waals surface area contributed by atoms with E-state index >= 15 is 0 Å². The zero-order chi connectivity index (χ0) is 25.4. The lowest BCUT2D eigenvalue weighted by Crippen LogP contribution is -2.33. The molecule has 0 aliphatic rings. The first kappa shape index (κ1) is 25.6. The van der Waals surface area contributed by atoms with Crippen LogP contribution in [-0.2, 0) is 11.8 Å². The topological polar surface area (TPSA) is 110 Å².